The largest absolute Gasteiger partial charge is 1.00 e. The second kappa shape index (κ2) is 53.8. The number of carbonyl (C=O) groups excluding carboxylic acids is 4. The topological polar surface area (TPSA) is 447 Å². The molecule has 37 heteroatoms. The standard InChI is InChI=1S/C22H33N5O3.C19H21N5O2.C11H13ClO3.C11H14O4.C7H8O2.C6H11BrO2.Cl2OS.H4N2.Na.2H2O/c1-7-20(30-17-10-8-16(28-6)9-11-17)29-14-23-13-15(2)21-24-19-12-18(22(3,4)5)25-27(19)26-21;1-11(10-23-17(25)12-7-5-6-8-13(12)18(23)26)16-20-15-9-14(19(2,3)4)21-24(15)22-16;2*1-3-10(11(12)13)15-9-6-4-8(14-2)5-7-9;1-9-7-4-2-6(8)3-5-7;1-3-5(7)6(8)9-4-2;1-4(2)3;1-2;;;/h8-12,15,20,23,25H,7,13-14H2,1-6H3;5-9,11,21H,10H2,1-4H3;4-7,10H,3H2,1-2H3;4-7,10H,3H2,1-2H3,(H,12,13);2-5,8H,1H3;5H,3-4H2,1-2H3;;1-2H2;;2*1H2/q;;;;;;;;+1;;/p-1. The number of nitrogens with zero attached hydrogens (tertiary/aromatic N) is 7. The number of phenols is 1. The molecule has 4 aromatic heterocycles. The van der Waals surface area contributed by atoms with Gasteiger partial charge in [-0.3, -0.25) is 51.3 Å². The number of hydrogen-bond acceptors (Lipinski definition) is 24. The van der Waals surface area contributed by atoms with Crippen molar-refractivity contribution in [1.82, 2.24) is 49.8 Å². The van der Waals surface area contributed by atoms with Crippen molar-refractivity contribution in [2.24, 2.45) is 11.7 Å². The predicted molar refractivity (Wildman–Crippen MR) is 434 cm³/mol. The molecule has 2 amide bonds. The minimum Gasteiger partial charge on any atom is -0.870 e. The Kier molecular flexibility index (Phi) is 50.0. The van der Waals surface area contributed by atoms with Gasteiger partial charge >= 0.3 is 41.5 Å². The van der Waals surface area contributed by atoms with Crippen LogP contribution in [0.15, 0.2) is 133 Å². The number of carboxylic acid groups (broad SMARTS) is 1. The molecule has 0 fully saturated rings. The molecule has 6 unspecified atom stereocenters. The first-order chi connectivity index (χ1) is 52.2. The van der Waals surface area contributed by atoms with Gasteiger partial charge in [0.15, 0.2) is 35.2 Å². The number of aromatic amines is 2. The van der Waals surface area contributed by atoms with E-state index in [2.05, 4.69) is 139 Å². The van der Waals surface area contributed by atoms with Crippen LogP contribution >= 0.6 is 48.9 Å². The Balaban J connectivity index is 0.00000137. The van der Waals surface area contributed by atoms with Crippen molar-refractivity contribution in [2.45, 2.75) is 162 Å². The van der Waals surface area contributed by atoms with E-state index in [0.29, 0.717) is 66.9 Å². The summed E-state index contributed by atoms with van der Waals surface area (Å²) in [6.45, 7) is 28.0. The van der Waals surface area contributed by atoms with Crippen LogP contribution in [0.3, 0.4) is 0 Å². The SMILES string of the molecule is CC(CN1C(=O)c2ccccc2C1=O)c1nc2cc(C(C)(C)C)[nH]n2n1.CCC(OCNCC(C)c1nc2cc(C(C)(C)C)[nH]n2n1)Oc1ccc(OC)cc1.CCC(Oc1ccc(OC)cc1)C(=O)Cl.CCC(Oc1ccc(OC)cc1)C(=O)O.CCOC(=O)C(Br)CC.COc1ccc(O)cc1.NN.O.O=S(Cl)Cl.[Na+].[OH-]. The number of carboxylic acids is 1. The number of H-pyrrole nitrogens is 2. The Labute approximate surface area is 706 Å². The van der Waals surface area contributed by atoms with Gasteiger partial charge in [0, 0.05) is 87.1 Å². The summed E-state index contributed by atoms with van der Waals surface area (Å²) in [6.07, 6.45) is 0.806. The van der Waals surface area contributed by atoms with Crippen molar-refractivity contribution in [1.29, 1.82) is 0 Å². The number of phenolic OH excluding ortho intramolecular Hbond substituents is 1. The maximum Gasteiger partial charge on any atom is 1.00 e. The van der Waals surface area contributed by atoms with E-state index in [-0.39, 0.29) is 104 Å². The monoisotopic (exact) mass is 1730 g/mol. The fraction of sp³-hybridized carbons (Fsp3) is 0.434. The summed E-state index contributed by atoms with van der Waals surface area (Å²) < 4.78 is 59.5. The molecule has 0 saturated carbocycles. The summed E-state index contributed by atoms with van der Waals surface area (Å²) in [6, 6.07) is 38.8. The molecule has 620 valence electrons. The molecule has 6 atom stereocenters. The zero-order valence-electron chi connectivity index (χ0n) is 67.0. The van der Waals surface area contributed by atoms with E-state index in [4.69, 9.17) is 68.7 Å². The van der Waals surface area contributed by atoms with Crippen molar-refractivity contribution in [2.75, 3.05) is 54.9 Å². The predicted octanol–water partition coefficient (Wildman–Crippen LogP) is 10.1. The number of nitrogens with one attached hydrogen (secondary N) is 3. The molecule has 31 nitrogen and oxygen atoms in total. The van der Waals surface area contributed by atoms with Crippen LogP contribution < -0.4 is 79.7 Å². The van der Waals surface area contributed by atoms with Gasteiger partial charge in [-0.15, -0.1) is 10.2 Å². The van der Waals surface area contributed by atoms with Gasteiger partial charge in [-0.25, -0.2) is 19.0 Å². The number of halogens is 4. The molecule has 5 aromatic carbocycles. The fourth-order valence-corrected chi connectivity index (χ4v) is 9.64. The molecule has 0 spiro atoms. The van der Waals surface area contributed by atoms with Crippen LogP contribution in [0.25, 0.3) is 11.3 Å². The Bertz CT molecular complexity index is 4080. The summed E-state index contributed by atoms with van der Waals surface area (Å²) >= 11 is 8.53. The van der Waals surface area contributed by atoms with E-state index in [1.807, 2.05) is 58.0 Å². The Hall–Kier alpha value is -8.13. The summed E-state index contributed by atoms with van der Waals surface area (Å²) in [5.74, 6) is 12.9. The second-order valence-corrected chi connectivity index (χ2v) is 29.8. The van der Waals surface area contributed by atoms with Crippen molar-refractivity contribution >= 4 is 98.4 Å². The molecule has 12 N–H and O–H groups in total. The van der Waals surface area contributed by atoms with E-state index in [1.165, 1.54) is 4.90 Å². The number of benzene rings is 5. The number of aliphatic carboxylic acids is 1. The molecule has 1 aliphatic heterocycles. The van der Waals surface area contributed by atoms with E-state index >= 15 is 0 Å². The number of carbonyl (C=O) groups is 5. The average Bonchev–Trinajstić information content (AvgIpc) is 1.66. The summed E-state index contributed by atoms with van der Waals surface area (Å²) in [7, 11) is 13.8. The molecule has 0 bridgehead atoms. The smallest absolute Gasteiger partial charge is 0.870 e. The third-order valence-electron chi connectivity index (χ3n) is 15.5. The van der Waals surface area contributed by atoms with Crippen molar-refractivity contribution in [3.8, 4) is 46.0 Å². The van der Waals surface area contributed by atoms with Gasteiger partial charge in [0.05, 0.1) is 46.2 Å². The molecular weight excluding hydrogens is 1630 g/mol. The normalized spacial score (nSPS) is 12.6. The number of ether oxygens (including phenoxy) is 9. The van der Waals surface area contributed by atoms with Crippen molar-refractivity contribution in [3.05, 3.63) is 168 Å². The number of fused-ring (bicyclic) bond motifs is 3. The van der Waals surface area contributed by atoms with Gasteiger partial charge in [0.1, 0.15) is 57.6 Å². The number of aromatic hydroxyl groups is 1. The Morgan fingerprint density at radius 3 is 1.29 bits per heavy atom. The number of hydrazine groups is 1. The quantitative estimate of drug-likeness (QED) is 0.00289. The van der Waals surface area contributed by atoms with E-state index in [1.54, 1.807) is 149 Å². The molecule has 0 saturated heterocycles. The molecule has 1 aliphatic rings. The number of rotatable bonds is 27. The number of hydrogen-bond donors (Lipinski definition) is 7. The summed E-state index contributed by atoms with van der Waals surface area (Å²) in [5.41, 5.74) is 4.69. The molecular formula is C76H107BrCl3N12NaO19S. The van der Waals surface area contributed by atoms with Gasteiger partial charge in [-0.1, -0.05) is 111 Å². The van der Waals surface area contributed by atoms with Crippen LogP contribution in [0, 0.1) is 0 Å². The number of imide groups is 1. The van der Waals surface area contributed by atoms with Crippen molar-refractivity contribution < 1.29 is 122 Å². The molecule has 0 radical (unpaired) electrons. The van der Waals surface area contributed by atoms with Gasteiger partial charge in [-0.05, 0) is 147 Å². The molecule has 10 rings (SSSR count). The average molecular weight is 1730 g/mol. The van der Waals surface area contributed by atoms with E-state index in [9.17, 15) is 24.0 Å². The molecule has 113 heavy (non-hydrogen) atoms. The van der Waals surface area contributed by atoms with Gasteiger partial charge in [-0.2, -0.15) is 9.26 Å². The Morgan fingerprint density at radius 1 is 0.602 bits per heavy atom. The third-order valence-corrected chi connectivity index (χ3v) is 16.8. The second-order valence-electron chi connectivity index (χ2n) is 25.8. The van der Waals surface area contributed by atoms with Gasteiger partial charge in [0.2, 0.25) is 15.5 Å². The molecule has 5 heterocycles. The maximum absolute atomic E-state index is 12.5. The number of alkyl halides is 1. The van der Waals surface area contributed by atoms with E-state index in [0.717, 1.165) is 64.3 Å². The third kappa shape index (κ3) is 36.1. The minimum atomic E-state index is -1.67. The van der Waals surface area contributed by atoms with Crippen LogP contribution in [0.4, 0.5) is 0 Å². The van der Waals surface area contributed by atoms with Crippen LogP contribution in [0.1, 0.15) is 171 Å². The summed E-state index contributed by atoms with van der Waals surface area (Å²) in [4.78, 5) is 67.7. The first-order valence-electron chi connectivity index (χ1n) is 34.9. The Morgan fingerprint density at radius 2 is 0.965 bits per heavy atom. The van der Waals surface area contributed by atoms with Gasteiger partial charge in [0.25, 0.3) is 17.1 Å². The number of methoxy groups -OCH3 is 4. The van der Waals surface area contributed by atoms with E-state index < -0.39 is 32.6 Å². The van der Waals surface area contributed by atoms with Gasteiger partial charge < -0.3 is 63.8 Å². The maximum atomic E-state index is 12.5. The number of esters is 1. The van der Waals surface area contributed by atoms with Crippen molar-refractivity contribution in [3.63, 3.8) is 0 Å². The summed E-state index contributed by atoms with van der Waals surface area (Å²) in [5, 5.41) is 36.0. The number of aromatic nitrogens is 8. The zero-order valence-corrected chi connectivity index (χ0v) is 73.7. The van der Waals surface area contributed by atoms with Crippen LogP contribution in [-0.2, 0) is 43.9 Å². The minimum absolute atomic E-state index is 0. The zero-order chi connectivity index (χ0) is 82.4. The fourth-order valence-electron chi connectivity index (χ4n) is 9.31. The molecule has 0 aliphatic carbocycles. The van der Waals surface area contributed by atoms with Crippen LogP contribution in [0.5, 0.6) is 46.0 Å². The number of nitrogens with two attached hydrogens (primary N) is 2. The first-order valence-corrected chi connectivity index (χ1v) is 39.0. The van der Waals surface area contributed by atoms with Crippen LogP contribution in [-0.4, -0.2) is 177 Å². The molecule has 9 aromatic rings. The first kappa shape index (κ1) is 105. The number of amides is 2. The van der Waals surface area contributed by atoms with Crippen LogP contribution in [0.2, 0.25) is 0 Å².